The predicted octanol–water partition coefficient (Wildman–Crippen LogP) is 2.35. The standard InChI is InChI=1S/C20H15NO4/c1-21-18(23)14-5-3-4-6-15(14)20(19(21)24)10-9-17(22)13-8-7-12(25-2)11-16(13)20/h3-11H,1-2H3. The number of rotatable bonds is 1. The SMILES string of the molecule is COc1ccc2c(c1)C1(C=CC2=O)C(=O)N(C)C(=O)c2ccccc21. The molecule has 25 heavy (non-hydrogen) atoms. The van der Waals surface area contributed by atoms with E-state index in [4.69, 9.17) is 4.74 Å². The molecule has 124 valence electrons. The van der Waals surface area contributed by atoms with Gasteiger partial charge in [0.25, 0.3) is 5.91 Å². The van der Waals surface area contributed by atoms with Crippen molar-refractivity contribution in [2.24, 2.45) is 0 Å². The Morgan fingerprint density at radius 2 is 1.72 bits per heavy atom. The van der Waals surface area contributed by atoms with Crippen LogP contribution < -0.4 is 4.74 Å². The lowest BCUT2D eigenvalue weighted by Crippen LogP contribution is -2.53. The molecule has 2 aromatic carbocycles. The highest BCUT2D eigenvalue weighted by Gasteiger charge is 2.51. The van der Waals surface area contributed by atoms with Gasteiger partial charge in [-0.15, -0.1) is 0 Å². The van der Waals surface area contributed by atoms with Crippen LogP contribution in [0.1, 0.15) is 31.8 Å². The molecule has 0 N–H and O–H groups in total. The van der Waals surface area contributed by atoms with E-state index in [0.717, 1.165) is 4.90 Å². The van der Waals surface area contributed by atoms with E-state index in [1.165, 1.54) is 20.2 Å². The minimum Gasteiger partial charge on any atom is -0.497 e. The third-order valence-corrected chi connectivity index (χ3v) is 4.93. The molecule has 0 bridgehead atoms. The van der Waals surface area contributed by atoms with Gasteiger partial charge < -0.3 is 4.74 Å². The fourth-order valence-corrected chi connectivity index (χ4v) is 3.66. The largest absolute Gasteiger partial charge is 0.497 e. The van der Waals surface area contributed by atoms with E-state index in [2.05, 4.69) is 0 Å². The Bertz CT molecular complexity index is 975. The minimum atomic E-state index is -1.21. The number of amides is 2. The smallest absolute Gasteiger partial charge is 0.260 e. The number of allylic oxidation sites excluding steroid dienone is 1. The third kappa shape index (κ3) is 1.86. The van der Waals surface area contributed by atoms with Crippen molar-refractivity contribution in [1.82, 2.24) is 4.90 Å². The van der Waals surface area contributed by atoms with Crippen molar-refractivity contribution in [2.45, 2.75) is 5.41 Å². The summed E-state index contributed by atoms with van der Waals surface area (Å²) < 4.78 is 5.29. The van der Waals surface area contributed by atoms with E-state index >= 15 is 0 Å². The summed E-state index contributed by atoms with van der Waals surface area (Å²) in [5, 5.41) is 0. The Morgan fingerprint density at radius 3 is 2.48 bits per heavy atom. The van der Waals surface area contributed by atoms with Gasteiger partial charge in [-0.2, -0.15) is 0 Å². The molecule has 1 aliphatic carbocycles. The molecule has 0 fully saturated rings. The summed E-state index contributed by atoms with van der Waals surface area (Å²) in [6.45, 7) is 0. The van der Waals surface area contributed by atoms with Gasteiger partial charge in [-0.05, 0) is 41.5 Å². The maximum Gasteiger partial charge on any atom is 0.260 e. The Labute approximate surface area is 144 Å². The Hall–Kier alpha value is -3.21. The zero-order chi connectivity index (χ0) is 17.8. The molecular formula is C20H15NO4. The number of ether oxygens (including phenoxy) is 1. The molecule has 0 saturated heterocycles. The number of fused-ring (bicyclic) bond motifs is 4. The van der Waals surface area contributed by atoms with Crippen LogP contribution in [0.4, 0.5) is 0 Å². The summed E-state index contributed by atoms with van der Waals surface area (Å²) >= 11 is 0. The lowest BCUT2D eigenvalue weighted by Gasteiger charge is -2.41. The van der Waals surface area contributed by atoms with E-state index in [1.807, 2.05) is 0 Å². The molecule has 2 aliphatic rings. The van der Waals surface area contributed by atoms with Gasteiger partial charge in [0.1, 0.15) is 11.2 Å². The van der Waals surface area contributed by atoms with Crippen LogP contribution in [0.25, 0.3) is 0 Å². The zero-order valence-corrected chi connectivity index (χ0v) is 13.8. The lowest BCUT2D eigenvalue weighted by atomic mass is 9.65. The third-order valence-electron chi connectivity index (χ3n) is 4.93. The molecule has 2 amide bonds. The van der Waals surface area contributed by atoms with E-state index < -0.39 is 5.41 Å². The number of hydrogen-bond acceptors (Lipinski definition) is 4. The number of imide groups is 1. The fourth-order valence-electron chi connectivity index (χ4n) is 3.66. The highest BCUT2D eigenvalue weighted by Crippen LogP contribution is 2.45. The lowest BCUT2D eigenvalue weighted by molar-refractivity contribution is -0.131. The summed E-state index contributed by atoms with van der Waals surface area (Å²) in [7, 11) is 2.99. The number of carbonyl (C=O) groups is 3. The summed E-state index contributed by atoms with van der Waals surface area (Å²) in [4.78, 5) is 39.3. The average Bonchev–Trinajstić information content (AvgIpc) is 2.66. The first-order chi connectivity index (χ1) is 12.0. The van der Waals surface area contributed by atoms with Gasteiger partial charge in [0, 0.05) is 18.2 Å². The van der Waals surface area contributed by atoms with Crippen LogP contribution in [0.2, 0.25) is 0 Å². The van der Waals surface area contributed by atoms with E-state index in [-0.39, 0.29) is 17.6 Å². The highest BCUT2D eigenvalue weighted by molar-refractivity contribution is 6.19. The average molecular weight is 333 g/mol. The Balaban J connectivity index is 2.12. The monoisotopic (exact) mass is 333 g/mol. The molecule has 0 saturated carbocycles. The molecule has 5 heteroatoms. The fraction of sp³-hybridized carbons (Fsp3) is 0.150. The van der Waals surface area contributed by atoms with Crippen molar-refractivity contribution in [2.75, 3.05) is 14.2 Å². The first-order valence-corrected chi connectivity index (χ1v) is 7.85. The number of benzene rings is 2. The zero-order valence-electron chi connectivity index (χ0n) is 13.8. The van der Waals surface area contributed by atoms with Crippen molar-refractivity contribution < 1.29 is 19.1 Å². The van der Waals surface area contributed by atoms with E-state index in [0.29, 0.717) is 28.0 Å². The van der Waals surface area contributed by atoms with Crippen LogP contribution in [0.15, 0.2) is 54.6 Å². The highest BCUT2D eigenvalue weighted by atomic mass is 16.5. The second-order valence-electron chi connectivity index (χ2n) is 6.13. The minimum absolute atomic E-state index is 0.173. The Morgan fingerprint density at radius 1 is 0.960 bits per heavy atom. The predicted molar refractivity (Wildman–Crippen MR) is 90.8 cm³/mol. The van der Waals surface area contributed by atoms with Crippen LogP contribution in [-0.2, 0) is 10.2 Å². The molecule has 1 aliphatic heterocycles. The summed E-state index contributed by atoms with van der Waals surface area (Å²) in [5.74, 6) is -0.352. The summed E-state index contributed by atoms with van der Waals surface area (Å²) in [6.07, 6.45) is 3.01. The van der Waals surface area contributed by atoms with Crippen LogP contribution >= 0.6 is 0 Å². The van der Waals surface area contributed by atoms with Crippen LogP contribution in [0, 0.1) is 0 Å². The van der Waals surface area contributed by atoms with Crippen molar-refractivity contribution in [3.8, 4) is 5.75 Å². The summed E-state index contributed by atoms with van der Waals surface area (Å²) in [5.41, 5.74) is 0.806. The van der Waals surface area contributed by atoms with Gasteiger partial charge in [0.15, 0.2) is 5.78 Å². The summed E-state index contributed by atoms with van der Waals surface area (Å²) in [6, 6.07) is 12.1. The maximum absolute atomic E-state index is 13.2. The molecule has 1 atom stereocenters. The topological polar surface area (TPSA) is 63.7 Å². The number of hydrogen-bond donors (Lipinski definition) is 0. The van der Waals surface area contributed by atoms with Gasteiger partial charge in [0.05, 0.1) is 7.11 Å². The van der Waals surface area contributed by atoms with Crippen molar-refractivity contribution in [3.05, 3.63) is 76.9 Å². The normalized spacial score (nSPS) is 21.4. The molecular weight excluding hydrogens is 318 g/mol. The van der Waals surface area contributed by atoms with Gasteiger partial charge in [0.2, 0.25) is 5.91 Å². The van der Waals surface area contributed by atoms with Gasteiger partial charge in [-0.25, -0.2) is 0 Å². The molecule has 5 nitrogen and oxygen atoms in total. The quantitative estimate of drug-likeness (QED) is 0.752. The van der Waals surface area contributed by atoms with Gasteiger partial charge in [-0.1, -0.05) is 24.3 Å². The molecule has 4 rings (SSSR count). The van der Waals surface area contributed by atoms with Crippen LogP contribution in [-0.4, -0.2) is 36.7 Å². The molecule has 1 spiro atoms. The second-order valence-corrected chi connectivity index (χ2v) is 6.13. The second kappa shape index (κ2) is 5.14. The number of ketones is 1. The van der Waals surface area contributed by atoms with Gasteiger partial charge in [-0.3, -0.25) is 19.3 Å². The molecule has 0 aromatic heterocycles. The first kappa shape index (κ1) is 15.3. The van der Waals surface area contributed by atoms with Crippen molar-refractivity contribution >= 4 is 17.6 Å². The molecule has 1 heterocycles. The maximum atomic E-state index is 13.2. The number of likely N-dealkylation sites (N-methyl/N-ethyl adjacent to an activating group) is 1. The molecule has 2 aromatic rings. The van der Waals surface area contributed by atoms with E-state index in [1.54, 1.807) is 48.5 Å². The number of carbonyl (C=O) groups excluding carboxylic acids is 3. The molecule has 1 unspecified atom stereocenters. The molecule has 0 radical (unpaired) electrons. The first-order valence-electron chi connectivity index (χ1n) is 7.85. The van der Waals surface area contributed by atoms with Gasteiger partial charge >= 0.3 is 0 Å². The van der Waals surface area contributed by atoms with E-state index in [9.17, 15) is 14.4 Å². The van der Waals surface area contributed by atoms with Crippen LogP contribution in [0.3, 0.4) is 0 Å². The Kier molecular flexibility index (Phi) is 3.15. The van der Waals surface area contributed by atoms with Crippen LogP contribution in [0.5, 0.6) is 5.75 Å². The number of methoxy groups -OCH3 is 1. The number of nitrogens with zero attached hydrogens (tertiary/aromatic N) is 1. The van der Waals surface area contributed by atoms with Crippen molar-refractivity contribution in [3.63, 3.8) is 0 Å². The van der Waals surface area contributed by atoms with Crippen molar-refractivity contribution in [1.29, 1.82) is 0 Å².